The van der Waals surface area contributed by atoms with E-state index in [2.05, 4.69) is 25.5 Å². The molecule has 0 aliphatic rings. The van der Waals surface area contributed by atoms with Gasteiger partial charge in [0.25, 0.3) is 0 Å². The van der Waals surface area contributed by atoms with Crippen molar-refractivity contribution in [3.05, 3.63) is 66.2 Å². The second kappa shape index (κ2) is 6.95. The van der Waals surface area contributed by atoms with Crippen molar-refractivity contribution in [3.8, 4) is 5.69 Å². The largest absolute Gasteiger partial charge is 0.416 e. The highest BCUT2D eigenvalue weighted by Crippen LogP contribution is 2.30. The topological polar surface area (TPSA) is 69.4 Å². The number of nitrogens with zero attached hydrogens (tertiary/aromatic N) is 6. The fraction of sp³-hybridized carbons (Fsp3) is 0.118. The van der Waals surface area contributed by atoms with Crippen molar-refractivity contribution in [1.82, 2.24) is 30.2 Å². The van der Waals surface area contributed by atoms with Crippen LogP contribution >= 0.6 is 11.8 Å². The molecule has 0 bridgehead atoms. The SMILES string of the molecule is FC(F)(F)c1ccc(-n2nnnc2CSc2ncnc3ccccc23)cc1. The Balaban J connectivity index is 1.57. The summed E-state index contributed by atoms with van der Waals surface area (Å²) in [6.45, 7) is 0. The van der Waals surface area contributed by atoms with Crippen molar-refractivity contribution >= 4 is 22.7 Å². The number of alkyl halides is 3. The maximum Gasteiger partial charge on any atom is 0.416 e. The van der Waals surface area contributed by atoms with Gasteiger partial charge in [-0.1, -0.05) is 30.0 Å². The third-order valence-electron chi connectivity index (χ3n) is 3.82. The van der Waals surface area contributed by atoms with Gasteiger partial charge < -0.3 is 0 Å². The first-order chi connectivity index (χ1) is 13.0. The summed E-state index contributed by atoms with van der Waals surface area (Å²) >= 11 is 1.43. The summed E-state index contributed by atoms with van der Waals surface area (Å²) in [6, 6.07) is 12.3. The smallest absolute Gasteiger partial charge is 0.236 e. The predicted octanol–water partition coefficient (Wildman–Crippen LogP) is 3.92. The highest BCUT2D eigenvalue weighted by atomic mass is 32.2. The monoisotopic (exact) mass is 388 g/mol. The maximum absolute atomic E-state index is 12.7. The molecule has 4 aromatic rings. The molecular formula is C17H11F3N6S. The van der Waals surface area contributed by atoms with E-state index in [1.807, 2.05) is 24.3 Å². The van der Waals surface area contributed by atoms with E-state index in [4.69, 9.17) is 0 Å². The molecule has 2 heterocycles. The van der Waals surface area contributed by atoms with Crippen molar-refractivity contribution in [3.63, 3.8) is 0 Å². The molecule has 0 amide bonds. The van der Waals surface area contributed by atoms with E-state index in [1.54, 1.807) is 0 Å². The van der Waals surface area contributed by atoms with Crippen LogP contribution in [-0.4, -0.2) is 30.2 Å². The lowest BCUT2D eigenvalue weighted by molar-refractivity contribution is -0.137. The van der Waals surface area contributed by atoms with E-state index in [-0.39, 0.29) is 0 Å². The van der Waals surface area contributed by atoms with Crippen LogP contribution in [0.2, 0.25) is 0 Å². The Morgan fingerprint density at radius 2 is 1.74 bits per heavy atom. The summed E-state index contributed by atoms with van der Waals surface area (Å²) < 4.78 is 39.6. The lowest BCUT2D eigenvalue weighted by Crippen LogP contribution is -2.06. The standard InChI is InChI=1S/C17H11F3N6S/c18-17(19,20)11-5-7-12(8-6-11)26-15(23-24-25-26)9-27-16-13-3-1-2-4-14(13)21-10-22-16/h1-8,10H,9H2. The van der Waals surface area contributed by atoms with Gasteiger partial charge in [0.05, 0.1) is 22.5 Å². The van der Waals surface area contributed by atoms with Crippen LogP contribution in [0.3, 0.4) is 0 Å². The normalized spacial score (nSPS) is 11.8. The van der Waals surface area contributed by atoms with Crippen LogP contribution in [0.15, 0.2) is 59.9 Å². The van der Waals surface area contributed by atoms with Gasteiger partial charge in [0, 0.05) is 5.39 Å². The van der Waals surface area contributed by atoms with Crippen LogP contribution in [-0.2, 0) is 11.9 Å². The molecule has 4 rings (SSSR count). The number of para-hydroxylation sites is 1. The van der Waals surface area contributed by atoms with Crippen LogP contribution in [0.5, 0.6) is 0 Å². The maximum atomic E-state index is 12.7. The number of aromatic nitrogens is 6. The summed E-state index contributed by atoms with van der Waals surface area (Å²) in [5.41, 5.74) is 0.566. The van der Waals surface area contributed by atoms with Crippen LogP contribution in [0, 0.1) is 0 Å². The molecule has 0 aliphatic carbocycles. The molecule has 27 heavy (non-hydrogen) atoms. The van der Waals surface area contributed by atoms with Gasteiger partial charge in [-0.3, -0.25) is 0 Å². The molecule has 6 nitrogen and oxygen atoms in total. The van der Waals surface area contributed by atoms with Gasteiger partial charge in [-0.15, -0.1) is 5.10 Å². The predicted molar refractivity (Wildman–Crippen MR) is 93.3 cm³/mol. The average Bonchev–Trinajstić information content (AvgIpc) is 3.14. The highest BCUT2D eigenvalue weighted by Gasteiger charge is 2.30. The minimum absolute atomic E-state index is 0.398. The minimum atomic E-state index is -4.38. The van der Waals surface area contributed by atoms with E-state index in [0.29, 0.717) is 17.3 Å². The Morgan fingerprint density at radius 3 is 2.52 bits per heavy atom. The molecule has 0 N–H and O–H groups in total. The van der Waals surface area contributed by atoms with Crippen LogP contribution in [0.4, 0.5) is 13.2 Å². The zero-order valence-electron chi connectivity index (χ0n) is 13.6. The molecule has 2 aromatic heterocycles. The zero-order chi connectivity index (χ0) is 18.9. The second-order valence-electron chi connectivity index (χ2n) is 5.54. The van der Waals surface area contributed by atoms with E-state index in [9.17, 15) is 13.2 Å². The zero-order valence-corrected chi connectivity index (χ0v) is 14.4. The number of fused-ring (bicyclic) bond motifs is 1. The van der Waals surface area contributed by atoms with Gasteiger partial charge in [-0.05, 0) is 40.8 Å². The first-order valence-corrected chi connectivity index (χ1v) is 8.78. The third kappa shape index (κ3) is 3.61. The van der Waals surface area contributed by atoms with E-state index in [0.717, 1.165) is 28.1 Å². The molecule has 0 saturated heterocycles. The van der Waals surface area contributed by atoms with Gasteiger partial charge in [0.2, 0.25) is 0 Å². The summed E-state index contributed by atoms with van der Waals surface area (Å²) in [5.74, 6) is 0.900. The Morgan fingerprint density at radius 1 is 0.963 bits per heavy atom. The average molecular weight is 388 g/mol. The summed E-state index contributed by atoms with van der Waals surface area (Å²) in [6.07, 6.45) is -2.89. The van der Waals surface area contributed by atoms with Crippen LogP contribution < -0.4 is 0 Å². The lowest BCUT2D eigenvalue weighted by Gasteiger charge is -2.08. The fourth-order valence-corrected chi connectivity index (χ4v) is 3.41. The molecule has 136 valence electrons. The molecule has 10 heteroatoms. The number of hydrogen-bond donors (Lipinski definition) is 0. The molecule has 0 radical (unpaired) electrons. The van der Waals surface area contributed by atoms with E-state index < -0.39 is 11.7 Å². The number of rotatable bonds is 4. The minimum Gasteiger partial charge on any atom is -0.236 e. The number of benzene rings is 2. The number of hydrogen-bond acceptors (Lipinski definition) is 6. The lowest BCUT2D eigenvalue weighted by atomic mass is 10.2. The van der Waals surface area contributed by atoms with E-state index >= 15 is 0 Å². The van der Waals surface area contributed by atoms with Gasteiger partial charge >= 0.3 is 6.18 Å². The number of thioether (sulfide) groups is 1. The summed E-state index contributed by atoms with van der Waals surface area (Å²) in [4.78, 5) is 8.51. The number of tetrazole rings is 1. The van der Waals surface area contributed by atoms with Crippen molar-refractivity contribution in [2.24, 2.45) is 0 Å². The molecule has 0 atom stereocenters. The highest BCUT2D eigenvalue weighted by molar-refractivity contribution is 7.98. The first kappa shape index (κ1) is 17.4. The van der Waals surface area contributed by atoms with Gasteiger partial charge in [-0.2, -0.15) is 17.9 Å². The molecule has 0 fully saturated rings. The molecule has 0 spiro atoms. The van der Waals surface area contributed by atoms with Crippen LogP contribution in [0.25, 0.3) is 16.6 Å². The molecule has 0 aliphatic heterocycles. The Hall–Kier alpha value is -3.01. The van der Waals surface area contributed by atoms with Gasteiger partial charge in [0.1, 0.15) is 11.4 Å². The van der Waals surface area contributed by atoms with Crippen molar-refractivity contribution in [2.45, 2.75) is 17.0 Å². The van der Waals surface area contributed by atoms with Crippen molar-refractivity contribution in [1.29, 1.82) is 0 Å². The molecule has 0 saturated carbocycles. The fourth-order valence-electron chi connectivity index (χ4n) is 2.52. The quantitative estimate of drug-likeness (QED) is 0.390. The van der Waals surface area contributed by atoms with Gasteiger partial charge in [-0.25, -0.2) is 9.97 Å². The molecule has 0 unspecified atom stereocenters. The van der Waals surface area contributed by atoms with Gasteiger partial charge in [0.15, 0.2) is 5.82 Å². The Labute approximate surface area is 155 Å². The van der Waals surface area contributed by atoms with Crippen molar-refractivity contribution < 1.29 is 13.2 Å². The van der Waals surface area contributed by atoms with Crippen LogP contribution in [0.1, 0.15) is 11.4 Å². The number of halogens is 3. The summed E-state index contributed by atoms with van der Waals surface area (Å²) in [7, 11) is 0. The molecular weight excluding hydrogens is 377 g/mol. The first-order valence-electron chi connectivity index (χ1n) is 7.80. The third-order valence-corrected chi connectivity index (χ3v) is 4.82. The Kier molecular flexibility index (Phi) is 4.48. The Bertz CT molecular complexity index is 1070. The summed E-state index contributed by atoms with van der Waals surface area (Å²) in [5, 5.41) is 13.2. The van der Waals surface area contributed by atoms with E-state index in [1.165, 1.54) is 34.9 Å². The van der Waals surface area contributed by atoms with Crippen molar-refractivity contribution in [2.75, 3.05) is 0 Å². The second-order valence-corrected chi connectivity index (χ2v) is 6.50. The molecule has 2 aromatic carbocycles.